The van der Waals surface area contributed by atoms with Gasteiger partial charge in [0.15, 0.2) is 0 Å². The van der Waals surface area contributed by atoms with Crippen molar-refractivity contribution in [3.63, 3.8) is 0 Å². The van der Waals surface area contributed by atoms with Crippen LogP contribution in [0.5, 0.6) is 0 Å². The van der Waals surface area contributed by atoms with E-state index in [0.717, 1.165) is 12.0 Å². The summed E-state index contributed by atoms with van der Waals surface area (Å²) in [5, 5.41) is 3.09. The predicted molar refractivity (Wildman–Crippen MR) is 113 cm³/mol. The van der Waals surface area contributed by atoms with Crippen LogP contribution in [0.4, 0.5) is 0 Å². The summed E-state index contributed by atoms with van der Waals surface area (Å²) in [6.07, 6.45) is 1.02. The Balaban J connectivity index is 2.24. The lowest BCUT2D eigenvalue weighted by Crippen LogP contribution is -2.48. The maximum Gasteiger partial charge on any atom is 0.242 e. The third-order valence-electron chi connectivity index (χ3n) is 4.10. The van der Waals surface area contributed by atoms with Gasteiger partial charge in [0.05, 0.1) is 5.02 Å². The molecule has 0 aliphatic carbocycles. The van der Waals surface area contributed by atoms with Gasteiger partial charge in [0, 0.05) is 11.6 Å². The van der Waals surface area contributed by atoms with Crippen LogP contribution in [0, 0.1) is 5.92 Å². The number of hydrogen-bond donors (Lipinski definition) is 2. The van der Waals surface area contributed by atoms with E-state index in [9.17, 15) is 13.2 Å². The van der Waals surface area contributed by atoms with Crippen LogP contribution in [0.3, 0.4) is 0 Å². The summed E-state index contributed by atoms with van der Waals surface area (Å²) in [6, 6.07) is 12.4. The van der Waals surface area contributed by atoms with Crippen LogP contribution in [-0.2, 0) is 21.2 Å². The largest absolute Gasteiger partial charge is 0.355 e. The highest BCUT2D eigenvalue weighted by atomic mass is 35.5. The van der Waals surface area contributed by atoms with E-state index >= 15 is 0 Å². The first-order valence-corrected chi connectivity index (χ1v) is 11.2. The molecule has 152 valence electrons. The molecule has 0 aromatic heterocycles. The number of carbonyl (C=O) groups excluding carboxylic acids is 1. The van der Waals surface area contributed by atoms with Crippen LogP contribution in [-0.4, -0.2) is 26.9 Å². The summed E-state index contributed by atoms with van der Waals surface area (Å²) in [7, 11) is -4.05. The predicted octanol–water partition coefficient (Wildman–Crippen LogP) is 4.05. The quantitative estimate of drug-likeness (QED) is 0.614. The fraction of sp³-hybridized carbons (Fsp3) is 0.350. The second kappa shape index (κ2) is 10.3. The topological polar surface area (TPSA) is 75.3 Å². The molecule has 0 bridgehead atoms. The number of sulfonamides is 1. The van der Waals surface area contributed by atoms with Crippen molar-refractivity contribution >= 4 is 39.1 Å². The highest BCUT2D eigenvalue weighted by Gasteiger charge is 2.27. The van der Waals surface area contributed by atoms with Crippen LogP contribution >= 0.6 is 23.2 Å². The van der Waals surface area contributed by atoms with E-state index in [1.165, 1.54) is 18.2 Å². The molecule has 2 aromatic carbocycles. The van der Waals surface area contributed by atoms with Crippen LogP contribution in [0.1, 0.15) is 25.8 Å². The van der Waals surface area contributed by atoms with Crippen molar-refractivity contribution in [2.24, 2.45) is 5.92 Å². The number of rotatable bonds is 9. The van der Waals surface area contributed by atoms with Crippen molar-refractivity contribution in [3.05, 3.63) is 64.1 Å². The first-order valence-electron chi connectivity index (χ1n) is 8.98. The third kappa shape index (κ3) is 6.78. The summed E-state index contributed by atoms with van der Waals surface area (Å²) in [5.41, 5.74) is 0.839. The van der Waals surface area contributed by atoms with E-state index in [1.54, 1.807) is 0 Å². The van der Waals surface area contributed by atoms with E-state index in [1.807, 2.05) is 30.3 Å². The highest BCUT2D eigenvalue weighted by molar-refractivity contribution is 7.89. The molecule has 8 heteroatoms. The summed E-state index contributed by atoms with van der Waals surface area (Å²) in [5.74, 6) is 0.0426. The summed E-state index contributed by atoms with van der Waals surface area (Å²) < 4.78 is 28.2. The van der Waals surface area contributed by atoms with E-state index in [-0.39, 0.29) is 27.3 Å². The fourth-order valence-corrected chi connectivity index (χ4v) is 4.54. The van der Waals surface area contributed by atoms with E-state index in [4.69, 9.17) is 23.2 Å². The maximum atomic E-state index is 12.9. The van der Waals surface area contributed by atoms with Crippen molar-refractivity contribution in [2.45, 2.75) is 37.6 Å². The van der Waals surface area contributed by atoms with Gasteiger partial charge in [-0.2, -0.15) is 4.72 Å². The lowest BCUT2D eigenvalue weighted by molar-refractivity contribution is -0.122. The van der Waals surface area contributed by atoms with E-state index < -0.39 is 16.1 Å². The maximum absolute atomic E-state index is 12.9. The fourth-order valence-electron chi connectivity index (χ4n) is 2.58. The molecule has 0 radical (unpaired) electrons. The molecule has 2 aromatic rings. The van der Waals surface area contributed by atoms with Gasteiger partial charge in [0.1, 0.15) is 10.9 Å². The molecular formula is C20H24Cl2N2O3S. The normalized spacial score (nSPS) is 12.8. The van der Waals surface area contributed by atoms with E-state index in [0.29, 0.717) is 12.5 Å². The number of amides is 1. The Morgan fingerprint density at radius 3 is 2.39 bits per heavy atom. The average molecular weight is 443 g/mol. The van der Waals surface area contributed by atoms with Gasteiger partial charge in [-0.25, -0.2) is 8.42 Å². The standard InChI is InChI=1S/C20H24Cl2N2O3S/c1-14(2)10-11-23-20(25)18(12-15-6-4-3-5-7-15)24-28(26,27)19-13-16(21)8-9-17(19)22/h3-9,13-14,18,24H,10-12H2,1-2H3,(H,23,25)/t18-/m0/s1. The minimum Gasteiger partial charge on any atom is -0.355 e. The van der Waals surface area contributed by atoms with Gasteiger partial charge in [-0.1, -0.05) is 67.4 Å². The lowest BCUT2D eigenvalue weighted by Gasteiger charge is -2.19. The molecule has 2 N–H and O–H groups in total. The number of benzene rings is 2. The van der Waals surface area contributed by atoms with Crippen molar-refractivity contribution in [1.29, 1.82) is 0 Å². The first kappa shape index (κ1) is 22.7. The highest BCUT2D eigenvalue weighted by Crippen LogP contribution is 2.25. The lowest BCUT2D eigenvalue weighted by atomic mass is 10.1. The number of nitrogens with one attached hydrogen (secondary N) is 2. The van der Waals surface area contributed by atoms with Gasteiger partial charge in [0.2, 0.25) is 15.9 Å². The second-order valence-electron chi connectivity index (χ2n) is 6.91. The molecule has 2 rings (SSSR count). The molecule has 0 fully saturated rings. The van der Waals surface area contributed by atoms with E-state index in [2.05, 4.69) is 23.9 Å². The SMILES string of the molecule is CC(C)CCNC(=O)[C@H](Cc1ccccc1)NS(=O)(=O)c1cc(Cl)ccc1Cl. The zero-order valence-electron chi connectivity index (χ0n) is 15.8. The van der Waals surface area contributed by atoms with Crippen LogP contribution < -0.4 is 10.0 Å². The zero-order valence-corrected chi connectivity index (χ0v) is 18.1. The average Bonchev–Trinajstić information content (AvgIpc) is 2.63. The Labute approximate surface area is 176 Å². The molecule has 5 nitrogen and oxygen atoms in total. The summed E-state index contributed by atoms with van der Waals surface area (Å²) in [4.78, 5) is 12.5. The van der Waals surface area contributed by atoms with Crippen molar-refractivity contribution in [1.82, 2.24) is 10.0 Å². The van der Waals surface area contributed by atoms with Crippen molar-refractivity contribution in [3.8, 4) is 0 Å². The number of carbonyl (C=O) groups is 1. The monoisotopic (exact) mass is 442 g/mol. The molecule has 1 atom stereocenters. The van der Waals surface area contributed by atoms with Gasteiger partial charge in [0.25, 0.3) is 0 Å². The molecule has 0 saturated heterocycles. The van der Waals surface area contributed by atoms with Gasteiger partial charge < -0.3 is 5.32 Å². The zero-order chi connectivity index (χ0) is 20.7. The Morgan fingerprint density at radius 2 is 1.75 bits per heavy atom. The molecule has 1 amide bonds. The third-order valence-corrected chi connectivity index (χ3v) is 6.29. The molecule has 28 heavy (non-hydrogen) atoms. The first-order chi connectivity index (χ1) is 13.2. The van der Waals surface area contributed by atoms with Crippen LogP contribution in [0.15, 0.2) is 53.4 Å². The number of hydrogen-bond acceptors (Lipinski definition) is 3. The second-order valence-corrected chi connectivity index (χ2v) is 9.44. The minimum absolute atomic E-state index is 0.0376. The Bertz CT molecular complexity index is 903. The van der Waals surface area contributed by atoms with Crippen LogP contribution in [0.2, 0.25) is 10.0 Å². The Morgan fingerprint density at radius 1 is 1.07 bits per heavy atom. The molecule has 0 heterocycles. The van der Waals surface area contributed by atoms with Gasteiger partial charge in [-0.05, 0) is 42.5 Å². The minimum atomic E-state index is -4.05. The molecule has 0 unspecified atom stereocenters. The summed E-state index contributed by atoms with van der Waals surface area (Å²) in [6.45, 7) is 4.58. The summed E-state index contributed by atoms with van der Waals surface area (Å²) >= 11 is 12.0. The van der Waals surface area contributed by atoms with Crippen LogP contribution in [0.25, 0.3) is 0 Å². The van der Waals surface area contributed by atoms with Crippen molar-refractivity contribution < 1.29 is 13.2 Å². The Kier molecular flexibility index (Phi) is 8.31. The molecule has 0 saturated carbocycles. The van der Waals surface area contributed by atoms with Gasteiger partial charge in [-0.3, -0.25) is 4.79 Å². The molecule has 0 aliphatic rings. The van der Waals surface area contributed by atoms with Crippen molar-refractivity contribution in [2.75, 3.05) is 6.54 Å². The Hall–Kier alpha value is -1.60. The smallest absolute Gasteiger partial charge is 0.242 e. The number of halogens is 2. The molecular weight excluding hydrogens is 419 g/mol. The molecule has 0 spiro atoms. The molecule has 0 aliphatic heterocycles. The van der Waals surface area contributed by atoms with Gasteiger partial charge >= 0.3 is 0 Å². The van der Waals surface area contributed by atoms with Gasteiger partial charge in [-0.15, -0.1) is 0 Å².